The molecule has 4 nitrogen and oxygen atoms in total. The molecule has 22 heavy (non-hydrogen) atoms. The number of nitrogens with one attached hydrogen (secondary N) is 1. The van der Waals surface area contributed by atoms with E-state index < -0.39 is 5.41 Å². The molecule has 0 radical (unpaired) electrons. The zero-order valence-electron chi connectivity index (χ0n) is 12.9. The molecule has 0 saturated heterocycles. The number of carbonyl (C=O) groups excluding carboxylic acids is 1. The van der Waals surface area contributed by atoms with Gasteiger partial charge >= 0.3 is 5.97 Å². The van der Waals surface area contributed by atoms with E-state index in [2.05, 4.69) is 9.97 Å². The van der Waals surface area contributed by atoms with E-state index in [9.17, 15) is 4.79 Å². The molecular formula is C18H18N2O2. The number of fused-ring (bicyclic) bond motifs is 1. The number of carbonyl (C=O) groups is 1. The average molecular weight is 294 g/mol. The van der Waals surface area contributed by atoms with Gasteiger partial charge in [0.25, 0.3) is 0 Å². The maximum Gasteiger partial charge on any atom is 0.316 e. The molecule has 4 heteroatoms. The van der Waals surface area contributed by atoms with Crippen LogP contribution in [0.5, 0.6) is 5.75 Å². The van der Waals surface area contributed by atoms with Gasteiger partial charge < -0.3 is 9.72 Å². The second-order valence-electron chi connectivity index (χ2n) is 6.27. The van der Waals surface area contributed by atoms with Gasteiger partial charge in [-0.2, -0.15) is 0 Å². The highest BCUT2D eigenvalue weighted by molar-refractivity contribution is 5.80. The number of nitrogens with zero attached hydrogens (tertiary/aromatic N) is 1. The highest BCUT2D eigenvalue weighted by Gasteiger charge is 2.23. The summed E-state index contributed by atoms with van der Waals surface area (Å²) < 4.78 is 5.36. The lowest BCUT2D eigenvalue weighted by molar-refractivity contribution is -0.142. The van der Waals surface area contributed by atoms with Gasteiger partial charge in [-0.1, -0.05) is 12.1 Å². The number of benzene rings is 2. The second kappa shape index (κ2) is 5.30. The van der Waals surface area contributed by atoms with Gasteiger partial charge in [0.2, 0.25) is 0 Å². The Kier molecular flexibility index (Phi) is 3.45. The van der Waals surface area contributed by atoms with E-state index in [4.69, 9.17) is 4.74 Å². The Hall–Kier alpha value is -2.62. The van der Waals surface area contributed by atoms with Crippen molar-refractivity contribution >= 4 is 17.0 Å². The number of ether oxygens (including phenoxy) is 1. The number of aromatic nitrogens is 2. The summed E-state index contributed by atoms with van der Waals surface area (Å²) in [4.78, 5) is 19.7. The zero-order chi connectivity index (χ0) is 15.7. The first kappa shape index (κ1) is 14.3. The van der Waals surface area contributed by atoms with Gasteiger partial charge in [0.15, 0.2) is 0 Å². The molecule has 0 aliphatic rings. The average Bonchev–Trinajstić information content (AvgIpc) is 2.91. The lowest BCUT2D eigenvalue weighted by atomic mass is 9.97. The molecule has 0 bridgehead atoms. The van der Waals surface area contributed by atoms with Crippen LogP contribution < -0.4 is 4.74 Å². The number of rotatable bonds is 2. The molecular weight excluding hydrogens is 276 g/mol. The largest absolute Gasteiger partial charge is 0.426 e. The predicted octanol–water partition coefficient (Wildman–Crippen LogP) is 4.18. The fraction of sp³-hybridized carbons (Fsp3) is 0.222. The maximum atomic E-state index is 11.9. The molecule has 0 fully saturated rings. The van der Waals surface area contributed by atoms with Crippen LogP contribution in [0, 0.1) is 5.41 Å². The molecule has 0 amide bonds. The minimum atomic E-state index is -0.516. The fourth-order valence-corrected chi connectivity index (χ4v) is 2.03. The molecule has 2 aromatic carbocycles. The molecule has 3 rings (SSSR count). The van der Waals surface area contributed by atoms with Crippen molar-refractivity contribution in [1.82, 2.24) is 9.97 Å². The third-order valence-corrected chi connectivity index (χ3v) is 3.34. The molecule has 0 spiro atoms. The van der Waals surface area contributed by atoms with Crippen molar-refractivity contribution in [3.8, 4) is 17.1 Å². The summed E-state index contributed by atoms with van der Waals surface area (Å²) in [6.45, 7) is 5.49. The van der Waals surface area contributed by atoms with Gasteiger partial charge in [-0.25, -0.2) is 4.98 Å². The molecule has 3 aromatic rings. The van der Waals surface area contributed by atoms with E-state index in [1.807, 2.05) is 57.2 Å². The van der Waals surface area contributed by atoms with Gasteiger partial charge in [-0.3, -0.25) is 4.79 Å². The highest BCUT2D eigenvalue weighted by atomic mass is 16.5. The van der Waals surface area contributed by atoms with Crippen LogP contribution in [0.1, 0.15) is 20.8 Å². The molecule has 0 aliphatic heterocycles. The third kappa shape index (κ3) is 2.86. The second-order valence-corrected chi connectivity index (χ2v) is 6.27. The van der Waals surface area contributed by atoms with E-state index in [0.29, 0.717) is 5.75 Å². The summed E-state index contributed by atoms with van der Waals surface area (Å²) in [7, 11) is 0. The van der Waals surface area contributed by atoms with E-state index in [-0.39, 0.29) is 5.97 Å². The molecule has 1 N–H and O–H groups in total. The van der Waals surface area contributed by atoms with Crippen molar-refractivity contribution in [3.63, 3.8) is 0 Å². The molecule has 0 saturated carbocycles. The first-order valence-electron chi connectivity index (χ1n) is 7.21. The summed E-state index contributed by atoms with van der Waals surface area (Å²) in [5, 5.41) is 0. The number of hydrogen-bond acceptors (Lipinski definition) is 3. The van der Waals surface area contributed by atoms with Gasteiger partial charge in [-0.15, -0.1) is 0 Å². The van der Waals surface area contributed by atoms with Crippen LogP contribution in [-0.2, 0) is 4.79 Å². The summed E-state index contributed by atoms with van der Waals surface area (Å²) in [5.41, 5.74) is 2.37. The Morgan fingerprint density at radius 3 is 2.36 bits per heavy atom. The van der Waals surface area contributed by atoms with Crippen LogP contribution >= 0.6 is 0 Å². The standard InChI is InChI=1S/C18H18N2O2/c1-18(2,3)17(21)22-13-10-8-12(9-11-13)16-19-14-6-4-5-7-15(14)20-16/h4-11H,1-3H3,(H,19,20). The molecule has 0 atom stereocenters. The molecule has 0 aliphatic carbocycles. The Bertz CT molecular complexity index is 778. The van der Waals surface area contributed by atoms with Crippen molar-refractivity contribution in [3.05, 3.63) is 48.5 Å². The smallest absolute Gasteiger partial charge is 0.316 e. The van der Waals surface area contributed by atoms with E-state index in [1.165, 1.54) is 0 Å². The molecule has 0 unspecified atom stereocenters. The van der Waals surface area contributed by atoms with Crippen molar-refractivity contribution in [2.24, 2.45) is 5.41 Å². The summed E-state index contributed by atoms with van der Waals surface area (Å²) >= 11 is 0. The summed E-state index contributed by atoms with van der Waals surface area (Å²) in [6, 6.07) is 15.2. The normalized spacial score (nSPS) is 11.6. The van der Waals surface area contributed by atoms with Crippen LogP contribution in [0.2, 0.25) is 0 Å². The topological polar surface area (TPSA) is 55.0 Å². The monoisotopic (exact) mass is 294 g/mol. The highest BCUT2D eigenvalue weighted by Crippen LogP contribution is 2.24. The Labute approximate surface area is 129 Å². The lowest BCUT2D eigenvalue weighted by Crippen LogP contribution is -2.25. The SMILES string of the molecule is CC(C)(C)C(=O)Oc1ccc(-c2nc3ccccc3[nH]2)cc1. The predicted molar refractivity (Wildman–Crippen MR) is 86.6 cm³/mol. The van der Waals surface area contributed by atoms with Crippen LogP contribution in [0.4, 0.5) is 0 Å². The number of hydrogen-bond donors (Lipinski definition) is 1. The van der Waals surface area contributed by atoms with Gasteiger partial charge in [0.1, 0.15) is 11.6 Å². The van der Waals surface area contributed by atoms with Crippen LogP contribution in [0.15, 0.2) is 48.5 Å². The van der Waals surface area contributed by atoms with E-state index >= 15 is 0 Å². The van der Waals surface area contributed by atoms with Crippen LogP contribution in [0.3, 0.4) is 0 Å². The first-order valence-corrected chi connectivity index (χ1v) is 7.21. The van der Waals surface area contributed by atoms with Gasteiger partial charge in [-0.05, 0) is 57.2 Å². The molecule has 1 heterocycles. The van der Waals surface area contributed by atoms with E-state index in [0.717, 1.165) is 22.4 Å². The Morgan fingerprint density at radius 1 is 1.05 bits per heavy atom. The first-order chi connectivity index (χ1) is 10.4. The number of para-hydroxylation sites is 2. The quantitative estimate of drug-likeness (QED) is 0.570. The molecule has 1 aromatic heterocycles. The minimum Gasteiger partial charge on any atom is -0.426 e. The molecule has 112 valence electrons. The minimum absolute atomic E-state index is 0.246. The number of aromatic amines is 1. The Balaban J connectivity index is 1.83. The lowest BCUT2D eigenvalue weighted by Gasteiger charge is -2.16. The summed E-state index contributed by atoms with van der Waals surface area (Å²) in [5.74, 6) is 1.10. The zero-order valence-corrected chi connectivity index (χ0v) is 12.9. The van der Waals surface area contributed by atoms with Crippen molar-refractivity contribution in [1.29, 1.82) is 0 Å². The fourth-order valence-electron chi connectivity index (χ4n) is 2.03. The van der Waals surface area contributed by atoms with Crippen molar-refractivity contribution < 1.29 is 9.53 Å². The number of esters is 1. The number of H-pyrrole nitrogens is 1. The van der Waals surface area contributed by atoms with Gasteiger partial charge in [0, 0.05) is 5.56 Å². The van der Waals surface area contributed by atoms with Crippen LogP contribution in [-0.4, -0.2) is 15.9 Å². The third-order valence-electron chi connectivity index (χ3n) is 3.34. The van der Waals surface area contributed by atoms with Gasteiger partial charge in [0.05, 0.1) is 16.4 Å². The van der Waals surface area contributed by atoms with Crippen molar-refractivity contribution in [2.45, 2.75) is 20.8 Å². The number of imidazole rings is 1. The summed E-state index contributed by atoms with van der Waals surface area (Å²) in [6.07, 6.45) is 0. The maximum absolute atomic E-state index is 11.9. The van der Waals surface area contributed by atoms with Crippen LogP contribution in [0.25, 0.3) is 22.4 Å². The van der Waals surface area contributed by atoms with Crippen molar-refractivity contribution in [2.75, 3.05) is 0 Å². The Morgan fingerprint density at radius 2 is 1.73 bits per heavy atom. The van der Waals surface area contributed by atoms with E-state index in [1.54, 1.807) is 12.1 Å².